The van der Waals surface area contributed by atoms with Gasteiger partial charge >= 0.3 is 0 Å². The van der Waals surface area contributed by atoms with Crippen LogP contribution >= 0.6 is 0 Å². The van der Waals surface area contributed by atoms with E-state index < -0.39 is 0 Å². The van der Waals surface area contributed by atoms with Crippen molar-refractivity contribution in [3.05, 3.63) is 46.8 Å². The Bertz CT molecular complexity index is 777. The minimum absolute atomic E-state index is 0.672. The van der Waals surface area contributed by atoms with E-state index in [4.69, 9.17) is 4.74 Å². The monoisotopic (exact) mass is 355 g/mol. The Kier molecular flexibility index (Phi) is 5.81. The highest BCUT2D eigenvalue weighted by Gasteiger charge is 2.22. The first-order chi connectivity index (χ1) is 12.6. The number of nitrogens with zero attached hydrogens (tertiary/aromatic N) is 3. The Balaban J connectivity index is 1.55. The number of nitrogens with one attached hydrogen (secondary N) is 2. The van der Waals surface area contributed by atoms with Crippen LogP contribution in [0.2, 0.25) is 0 Å². The summed E-state index contributed by atoms with van der Waals surface area (Å²) in [7, 11) is 3.76. The van der Waals surface area contributed by atoms with E-state index in [-0.39, 0.29) is 0 Å². The van der Waals surface area contributed by atoms with Crippen molar-refractivity contribution in [3.63, 3.8) is 0 Å². The second-order valence-corrected chi connectivity index (χ2v) is 6.91. The average Bonchev–Trinajstić information content (AvgIpc) is 3.43. The molecule has 6 nitrogen and oxygen atoms in total. The quantitative estimate of drug-likeness (QED) is 0.592. The number of hydrogen-bond donors (Lipinski definition) is 2. The van der Waals surface area contributed by atoms with Gasteiger partial charge in [-0.1, -0.05) is 18.2 Å². The van der Waals surface area contributed by atoms with Crippen LogP contribution in [-0.2, 0) is 20.1 Å². The van der Waals surface area contributed by atoms with Crippen LogP contribution in [0.15, 0.2) is 29.3 Å². The molecule has 0 unspecified atom stereocenters. The second-order valence-electron chi connectivity index (χ2n) is 6.91. The molecule has 1 fully saturated rings. The van der Waals surface area contributed by atoms with Gasteiger partial charge in [0.1, 0.15) is 5.75 Å². The van der Waals surface area contributed by atoms with E-state index in [0.29, 0.717) is 13.1 Å². The molecule has 1 saturated carbocycles. The molecule has 0 bridgehead atoms. The molecule has 3 rings (SSSR count). The van der Waals surface area contributed by atoms with Gasteiger partial charge in [0.25, 0.3) is 0 Å². The van der Waals surface area contributed by atoms with Crippen molar-refractivity contribution in [1.82, 2.24) is 20.4 Å². The number of para-hydroxylation sites is 1. The van der Waals surface area contributed by atoms with Crippen molar-refractivity contribution in [3.8, 4) is 5.75 Å². The fourth-order valence-electron chi connectivity index (χ4n) is 2.93. The molecule has 0 spiro atoms. The van der Waals surface area contributed by atoms with Crippen molar-refractivity contribution < 1.29 is 4.74 Å². The Hall–Kier alpha value is -2.50. The lowest BCUT2D eigenvalue weighted by atomic mass is 10.2. The van der Waals surface area contributed by atoms with Gasteiger partial charge < -0.3 is 15.4 Å². The average molecular weight is 355 g/mol. The van der Waals surface area contributed by atoms with Crippen molar-refractivity contribution in [2.24, 2.45) is 18.0 Å². The normalized spacial score (nSPS) is 14.4. The molecule has 2 N–H and O–H groups in total. The van der Waals surface area contributed by atoms with Crippen LogP contribution in [0.25, 0.3) is 0 Å². The summed E-state index contributed by atoms with van der Waals surface area (Å²) in [5.41, 5.74) is 4.57. The summed E-state index contributed by atoms with van der Waals surface area (Å²) < 4.78 is 7.89. The highest BCUT2D eigenvalue weighted by atomic mass is 16.5. The molecule has 0 atom stereocenters. The summed E-state index contributed by atoms with van der Waals surface area (Å²) in [5.74, 6) is 2.47. The smallest absolute Gasteiger partial charge is 0.191 e. The maximum absolute atomic E-state index is 5.98. The third-order valence-electron chi connectivity index (χ3n) is 4.91. The SMILES string of the molecule is CN=C(NCc1ccccc1OCC1CC1)NCc1c(C)nn(C)c1C. The maximum Gasteiger partial charge on any atom is 0.191 e. The summed E-state index contributed by atoms with van der Waals surface area (Å²) in [6, 6.07) is 8.20. The standard InChI is InChI=1S/C20H29N5O/c1-14-18(15(2)25(4)24-14)12-23-20(21-3)22-11-17-7-5-6-8-19(17)26-13-16-9-10-16/h5-8,16H,9-13H2,1-4H3,(H2,21,22,23). The highest BCUT2D eigenvalue weighted by Crippen LogP contribution is 2.30. The molecule has 1 heterocycles. The summed E-state index contributed by atoms with van der Waals surface area (Å²) >= 11 is 0. The Morgan fingerprint density at radius 3 is 2.62 bits per heavy atom. The van der Waals surface area contributed by atoms with Gasteiger partial charge in [0.15, 0.2) is 5.96 Å². The zero-order valence-electron chi connectivity index (χ0n) is 16.2. The van der Waals surface area contributed by atoms with Crippen molar-refractivity contribution in [2.75, 3.05) is 13.7 Å². The van der Waals surface area contributed by atoms with E-state index in [1.807, 2.05) is 36.9 Å². The van der Waals surface area contributed by atoms with E-state index in [0.717, 1.165) is 35.5 Å². The minimum Gasteiger partial charge on any atom is -0.493 e. The van der Waals surface area contributed by atoms with Crippen LogP contribution in [0.3, 0.4) is 0 Å². The zero-order valence-corrected chi connectivity index (χ0v) is 16.2. The molecule has 1 aromatic heterocycles. The van der Waals surface area contributed by atoms with E-state index >= 15 is 0 Å². The van der Waals surface area contributed by atoms with E-state index in [1.165, 1.54) is 24.1 Å². The number of aryl methyl sites for hydroxylation is 2. The van der Waals surface area contributed by atoms with Crippen LogP contribution in [-0.4, -0.2) is 29.4 Å². The molecular formula is C20H29N5O. The Morgan fingerprint density at radius 2 is 1.96 bits per heavy atom. The predicted octanol–water partition coefficient (Wildman–Crippen LogP) is 2.69. The number of hydrogen-bond acceptors (Lipinski definition) is 3. The molecule has 6 heteroatoms. The minimum atomic E-state index is 0.672. The van der Waals surface area contributed by atoms with Gasteiger partial charge in [0.05, 0.1) is 12.3 Å². The third-order valence-corrected chi connectivity index (χ3v) is 4.91. The van der Waals surface area contributed by atoms with Crippen molar-refractivity contribution >= 4 is 5.96 Å². The van der Waals surface area contributed by atoms with Crippen LogP contribution in [0, 0.1) is 19.8 Å². The van der Waals surface area contributed by atoms with Gasteiger partial charge in [-0.15, -0.1) is 0 Å². The summed E-state index contributed by atoms with van der Waals surface area (Å²) in [4.78, 5) is 4.32. The summed E-state index contributed by atoms with van der Waals surface area (Å²) in [6.07, 6.45) is 2.59. The van der Waals surface area contributed by atoms with Crippen LogP contribution in [0.5, 0.6) is 5.75 Å². The second kappa shape index (κ2) is 8.25. The molecule has 1 aromatic carbocycles. The number of aromatic nitrogens is 2. The molecule has 0 saturated heterocycles. The molecule has 1 aliphatic carbocycles. The van der Waals surface area contributed by atoms with Crippen LogP contribution in [0.4, 0.5) is 0 Å². The van der Waals surface area contributed by atoms with Crippen LogP contribution < -0.4 is 15.4 Å². The molecule has 1 aliphatic rings. The molecule has 0 aliphatic heterocycles. The van der Waals surface area contributed by atoms with Crippen molar-refractivity contribution in [1.29, 1.82) is 0 Å². The Labute approximate surface area is 155 Å². The van der Waals surface area contributed by atoms with Gasteiger partial charge in [0, 0.05) is 44.0 Å². The lowest BCUT2D eigenvalue weighted by Crippen LogP contribution is -2.36. The van der Waals surface area contributed by atoms with Crippen molar-refractivity contribution in [2.45, 2.75) is 39.8 Å². The van der Waals surface area contributed by atoms with Gasteiger partial charge in [-0.05, 0) is 38.7 Å². The first-order valence-electron chi connectivity index (χ1n) is 9.22. The highest BCUT2D eigenvalue weighted by molar-refractivity contribution is 5.79. The fraction of sp³-hybridized carbons (Fsp3) is 0.500. The molecule has 26 heavy (non-hydrogen) atoms. The first kappa shape index (κ1) is 18.3. The summed E-state index contributed by atoms with van der Waals surface area (Å²) in [6.45, 7) is 6.31. The topological polar surface area (TPSA) is 63.5 Å². The number of rotatable bonds is 7. The number of aliphatic imine (C=N–C) groups is 1. The van der Waals surface area contributed by atoms with E-state index in [9.17, 15) is 0 Å². The number of guanidine groups is 1. The Morgan fingerprint density at radius 1 is 1.23 bits per heavy atom. The molecule has 140 valence electrons. The maximum atomic E-state index is 5.98. The lowest BCUT2D eigenvalue weighted by Gasteiger charge is -2.15. The first-order valence-corrected chi connectivity index (χ1v) is 9.22. The van der Waals surface area contributed by atoms with Gasteiger partial charge in [-0.2, -0.15) is 5.10 Å². The van der Waals surface area contributed by atoms with Gasteiger partial charge in [0.2, 0.25) is 0 Å². The molecular weight excluding hydrogens is 326 g/mol. The number of ether oxygens (including phenoxy) is 1. The molecule has 2 aromatic rings. The molecule has 0 radical (unpaired) electrons. The third kappa shape index (κ3) is 4.56. The van der Waals surface area contributed by atoms with E-state index in [1.54, 1.807) is 7.05 Å². The van der Waals surface area contributed by atoms with Gasteiger partial charge in [-0.25, -0.2) is 0 Å². The zero-order chi connectivity index (χ0) is 18.5. The lowest BCUT2D eigenvalue weighted by molar-refractivity contribution is 0.296. The predicted molar refractivity (Wildman–Crippen MR) is 104 cm³/mol. The van der Waals surface area contributed by atoms with E-state index in [2.05, 4.69) is 33.7 Å². The van der Waals surface area contributed by atoms with Gasteiger partial charge in [-0.3, -0.25) is 9.67 Å². The van der Waals surface area contributed by atoms with Crippen LogP contribution in [0.1, 0.15) is 35.4 Å². The fourth-order valence-corrected chi connectivity index (χ4v) is 2.93. The largest absolute Gasteiger partial charge is 0.493 e. The molecule has 0 amide bonds. The summed E-state index contributed by atoms with van der Waals surface area (Å²) in [5, 5.41) is 11.2. The number of benzene rings is 1.